The van der Waals surface area contributed by atoms with Crippen molar-refractivity contribution in [1.82, 2.24) is 10.2 Å². The Morgan fingerprint density at radius 2 is 2.12 bits per heavy atom. The van der Waals surface area contributed by atoms with Crippen molar-refractivity contribution >= 4 is 38.3 Å². The number of nitrogens with zero attached hydrogens (tertiary/aromatic N) is 2. The Labute approximate surface area is 105 Å². The molecular formula is C10H8BrN3OS. The van der Waals surface area contributed by atoms with Gasteiger partial charge in [0.05, 0.1) is 6.42 Å². The second-order valence-corrected chi connectivity index (χ2v) is 4.84. The van der Waals surface area contributed by atoms with Gasteiger partial charge in [0.25, 0.3) is 0 Å². The summed E-state index contributed by atoms with van der Waals surface area (Å²) in [5.41, 5.74) is 2.54. The van der Waals surface area contributed by atoms with Crippen LogP contribution in [0.2, 0.25) is 0 Å². The van der Waals surface area contributed by atoms with Crippen molar-refractivity contribution in [1.29, 1.82) is 0 Å². The first-order chi connectivity index (χ1) is 7.74. The summed E-state index contributed by atoms with van der Waals surface area (Å²) in [4.78, 5) is 11.6. The van der Waals surface area contributed by atoms with Crippen molar-refractivity contribution in [2.75, 3.05) is 5.32 Å². The van der Waals surface area contributed by atoms with Gasteiger partial charge in [0, 0.05) is 4.47 Å². The first kappa shape index (κ1) is 11.2. The molecule has 1 aromatic heterocycles. The number of hydrogen-bond donors (Lipinski definition) is 1. The highest BCUT2D eigenvalue weighted by atomic mass is 79.9. The molecule has 0 bridgehead atoms. The van der Waals surface area contributed by atoms with E-state index in [1.807, 2.05) is 24.3 Å². The number of aromatic nitrogens is 2. The van der Waals surface area contributed by atoms with Gasteiger partial charge in [0.2, 0.25) is 11.0 Å². The number of hydrogen-bond acceptors (Lipinski definition) is 4. The lowest BCUT2D eigenvalue weighted by Crippen LogP contribution is -2.14. The Hall–Kier alpha value is -1.27. The fraction of sp³-hybridized carbons (Fsp3) is 0.100. The van der Waals surface area contributed by atoms with Crippen molar-refractivity contribution < 1.29 is 4.79 Å². The molecule has 0 fully saturated rings. The summed E-state index contributed by atoms with van der Waals surface area (Å²) in [6, 6.07) is 7.63. The standard InChI is InChI=1S/C10H8BrN3OS/c11-8-3-1-7(2-4-8)5-9(15)13-10-14-12-6-16-10/h1-4,6H,5H2,(H,13,14,15). The molecule has 1 aromatic carbocycles. The topological polar surface area (TPSA) is 54.9 Å². The van der Waals surface area contributed by atoms with E-state index < -0.39 is 0 Å². The Morgan fingerprint density at radius 3 is 2.75 bits per heavy atom. The molecule has 0 radical (unpaired) electrons. The molecule has 6 heteroatoms. The molecule has 2 rings (SSSR count). The van der Waals surface area contributed by atoms with Gasteiger partial charge in [-0.3, -0.25) is 4.79 Å². The molecule has 0 aliphatic heterocycles. The fourth-order valence-corrected chi connectivity index (χ4v) is 1.90. The van der Waals surface area contributed by atoms with Gasteiger partial charge in [-0.2, -0.15) is 0 Å². The third-order valence-corrected chi connectivity index (χ3v) is 3.02. The molecule has 0 saturated carbocycles. The third-order valence-electron chi connectivity index (χ3n) is 1.88. The van der Waals surface area contributed by atoms with E-state index in [0.29, 0.717) is 11.6 Å². The van der Waals surface area contributed by atoms with Gasteiger partial charge in [-0.1, -0.05) is 39.4 Å². The van der Waals surface area contributed by atoms with E-state index >= 15 is 0 Å². The van der Waals surface area contributed by atoms with E-state index in [1.54, 1.807) is 5.51 Å². The molecular weight excluding hydrogens is 290 g/mol. The average Bonchev–Trinajstić information content (AvgIpc) is 2.74. The van der Waals surface area contributed by atoms with E-state index in [-0.39, 0.29) is 5.91 Å². The van der Waals surface area contributed by atoms with E-state index in [0.717, 1.165) is 10.0 Å². The summed E-state index contributed by atoms with van der Waals surface area (Å²) in [6.45, 7) is 0. The molecule has 1 amide bonds. The van der Waals surface area contributed by atoms with Gasteiger partial charge in [-0.25, -0.2) is 0 Å². The van der Waals surface area contributed by atoms with Crippen LogP contribution in [-0.4, -0.2) is 16.1 Å². The molecule has 1 heterocycles. The number of halogens is 1. The number of amides is 1. The maximum atomic E-state index is 11.6. The summed E-state index contributed by atoms with van der Waals surface area (Å²) in [7, 11) is 0. The van der Waals surface area contributed by atoms with Crippen molar-refractivity contribution in [3.8, 4) is 0 Å². The normalized spacial score (nSPS) is 10.1. The van der Waals surface area contributed by atoms with E-state index in [2.05, 4.69) is 31.4 Å². The molecule has 0 aliphatic rings. The van der Waals surface area contributed by atoms with Crippen LogP contribution >= 0.6 is 27.3 Å². The van der Waals surface area contributed by atoms with Gasteiger partial charge in [0.15, 0.2) is 0 Å². The maximum Gasteiger partial charge on any atom is 0.230 e. The van der Waals surface area contributed by atoms with Crippen LogP contribution in [0.5, 0.6) is 0 Å². The summed E-state index contributed by atoms with van der Waals surface area (Å²) < 4.78 is 1.00. The second kappa shape index (κ2) is 5.18. The predicted octanol–water partition coefficient (Wildman–Crippen LogP) is 2.48. The van der Waals surface area contributed by atoms with E-state index in [4.69, 9.17) is 0 Å². The highest BCUT2D eigenvalue weighted by Gasteiger charge is 2.05. The molecule has 0 aliphatic carbocycles. The van der Waals surface area contributed by atoms with Crippen LogP contribution in [0.25, 0.3) is 0 Å². The lowest BCUT2D eigenvalue weighted by Gasteiger charge is -2.01. The van der Waals surface area contributed by atoms with Crippen LogP contribution < -0.4 is 5.32 Å². The van der Waals surface area contributed by atoms with Crippen molar-refractivity contribution in [3.05, 3.63) is 39.8 Å². The number of nitrogens with one attached hydrogen (secondary N) is 1. The van der Waals surface area contributed by atoms with Crippen LogP contribution in [0.15, 0.2) is 34.2 Å². The van der Waals surface area contributed by atoms with Gasteiger partial charge >= 0.3 is 0 Å². The SMILES string of the molecule is O=C(Cc1ccc(Br)cc1)Nc1nncs1. The zero-order valence-corrected chi connectivity index (χ0v) is 10.6. The Morgan fingerprint density at radius 1 is 1.38 bits per heavy atom. The molecule has 82 valence electrons. The third kappa shape index (κ3) is 3.11. The lowest BCUT2D eigenvalue weighted by molar-refractivity contribution is -0.115. The predicted molar refractivity (Wildman–Crippen MR) is 66.4 cm³/mol. The van der Waals surface area contributed by atoms with Gasteiger partial charge in [-0.15, -0.1) is 10.2 Å². The van der Waals surface area contributed by atoms with Crippen LogP contribution in [0.3, 0.4) is 0 Å². The molecule has 0 atom stereocenters. The highest BCUT2D eigenvalue weighted by Crippen LogP contribution is 2.12. The average molecular weight is 298 g/mol. The maximum absolute atomic E-state index is 11.6. The quantitative estimate of drug-likeness (QED) is 0.947. The lowest BCUT2D eigenvalue weighted by atomic mass is 10.1. The number of carbonyl (C=O) groups excluding carboxylic acids is 1. The van der Waals surface area contributed by atoms with Crippen molar-refractivity contribution in [2.24, 2.45) is 0 Å². The Balaban J connectivity index is 1.95. The minimum absolute atomic E-state index is 0.0842. The first-order valence-corrected chi connectivity index (χ1v) is 6.22. The minimum Gasteiger partial charge on any atom is -0.300 e. The van der Waals surface area contributed by atoms with E-state index in [9.17, 15) is 4.79 Å². The largest absolute Gasteiger partial charge is 0.300 e. The first-order valence-electron chi connectivity index (χ1n) is 4.54. The van der Waals surface area contributed by atoms with Crippen LogP contribution in [0.4, 0.5) is 5.13 Å². The van der Waals surface area contributed by atoms with E-state index in [1.165, 1.54) is 11.3 Å². The molecule has 16 heavy (non-hydrogen) atoms. The molecule has 0 unspecified atom stereocenters. The van der Waals surface area contributed by atoms with Crippen LogP contribution in [0.1, 0.15) is 5.56 Å². The summed E-state index contributed by atoms with van der Waals surface area (Å²) in [6.07, 6.45) is 0.340. The number of anilines is 1. The van der Waals surface area contributed by atoms with Crippen molar-refractivity contribution in [2.45, 2.75) is 6.42 Å². The summed E-state index contributed by atoms with van der Waals surface area (Å²) in [5, 5.41) is 10.6. The van der Waals surface area contributed by atoms with Crippen LogP contribution in [0, 0.1) is 0 Å². The zero-order chi connectivity index (χ0) is 11.4. The van der Waals surface area contributed by atoms with Gasteiger partial charge in [-0.05, 0) is 17.7 Å². The van der Waals surface area contributed by atoms with Crippen LogP contribution in [-0.2, 0) is 11.2 Å². The van der Waals surface area contributed by atoms with Gasteiger partial charge < -0.3 is 5.32 Å². The second-order valence-electron chi connectivity index (χ2n) is 3.10. The summed E-state index contributed by atoms with van der Waals surface area (Å²) in [5.74, 6) is -0.0842. The number of benzene rings is 1. The fourth-order valence-electron chi connectivity index (χ4n) is 1.18. The summed E-state index contributed by atoms with van der Waals surface area (Å²) >= 11 is 4.65. The van der Waals surface area contributed by atoms with Crippen molar-refractivity contribution in [3.63, 3.8) is 0 Å². The smallest absolute Gasteiger partial charge is 0.230 e. The Kier molecular flexibility index (Phi) is 3.63. The Bertz CT molecular complexity index is 469. The monoisotopic (exact) mass is 297 g/mol. The zero-order valence-electron chi connectivity index (χ0n) is 8.18. The minimum atomic E-state index is -0.0842. The highest BCUT2D eigenvalue weighted by molar-refractivity contribution is 9.10. The number of carbonyl (C=O) groups is 1. The molecule has 1 N–H and O–H groups in total. The molecule has 0 saturated heterocycles. The number of rotatable bonds is 3. The molecule has 4 nitrogen and oxygen atoms in total. The molecule has 2 aromatic rings. The molecule has 0 spiro atoms. The van der Waals surface area contributed by atoms with Gasteiger partial charge in [0.1, 0.15) is 5.51 Å².